The number of carbonyl (C=O) groups is 3. The van der Waals surface area contributed by atoms with Crippen LogP contribution in [0.5, 0.6) is 5.75 Å². The van der Waals surface area contributed by atoms with Crippen LogP contribution >= 0.6 is 0 Å². The summed E-state index contributed by atoms with van der Waals surface area (Å²) in [4.78, 5) is 37.6. The number of fused-ring (bicyclic) bond motifs is 1. The molecule has 1 aromatic carbocycles. The van der Waals surface area contributed by atoms with Crippen molar-refractivity contribution in [2.45, 2.75) is 98.6 Å². The number of unbranched alkanes of at least 4 members (excludes halogenated alkanes) is 1. The van der Waals surface area contributed by atoms with E-state index >= 15 is 0 Å². The minimum absolute atomic E-state index is 0.0512. The van der Waals surface area contributed by atoms with E-state index in [0.29, 0.717) is 48.4 Å². The van der Waals surface area contributed by atoms with Gasteiger partial charge in [-0.25, -0.2) is 9.59 Å². The van der Waals surface area contributed by atoms with Gasteiger partial charge in [0.05, 0.1) is 25.0 Å². The molecule has 1 heterocycles. The van der Waals surface area contributed by atoms with Crippen molar-refractivity contribution in [3.63, 3.8) is 0 Å². The highest BCUT2D eigenvalue weighted by molar-refractivity contribution is 6.05. The molecule has 8 heteroatoms. The number of rotatable bonds is 14. The Morgan fingerprint density at radius 2 is 1.92 bits per heavy atom. The summed E-state index contributed by atoms with van der Waals surface area (Å²) in [5.41, 5.74) is 4.07. The Bertz CT molecular complexity index is 970. The molecule has 0 fully saturated rings. The van der Waals surface area contributed by atoms with Gasteiger partial charge in [0.2, 0.25) is 0 Å². The van der Waals surface area contributed by atoms with Crippen LogP contribution in [0.25, 0.3) is 0 Å². The SMILES string of the molecule is CCCCC(CC)NC(=O)Nc1c(C/C=C(\C)CCC(=O)OCCC)c(OC)c(C)c2c1C(=O)OC2. The summed E-state index contributed by atoms with van der Waals surface area (Å²) in [7, 11) is 1.58. The number of esters is 2. The first-order valence-electron chi connectivity index (χ1n) is 13.0. The van der Waals surface area contributed by atoms with Crippen molar-refractivity contribution in [1.82, 2.24) is 5.32 Å². The zero-order valence-corrected chi connectivity index (χ0v) is 22.7. The van der Waals surface area contributed by atoms with Crippen LogP contribution in [0.15, 0.2) is 11.6 Å². The van der Waals surface area contributed by atoms with Crippen LogP contribution in [0.4, 0.5) is 10.5 Å². The number of carbonyl (C=O) groups excluding carboxylic acids is 3. The molecule has 1 aliphatic heterocycles. The van der Waals surface area contributed by atoms with Crippen molar-refractivity contribution < 1.29 is 28.6 Å². The Morgan fingerprint density at radius 3 is 2.56 bits per heavy atom. The second-order valence-electron chi connectivity index (χ2n) is 9.26. The standard InChI is InChI=1S/C28H42N2O6/c1-7-10-11-20(9-3)29-28(33)30-25-21(14-12-18(4)13-15-23(31)35-16-8-2)26(34-6)19(5)22-17-36-27(32)24(22)25/h12,20H,7-11,13-17H2,1-6H3,(H2,29,30,33)/b18-12+. The zero-order valence-electron chi connectivity index (χ0n) is 22.7. The summed E-state index contributed by atoms with van der Waals surface area (Å²) in [6.45, 7) is 10.5. The van der Waals surface area contributed by atoms with E-state index in [9.17, 15) is 14.4 Å². The van der Waals surface area contributed by atoms with E-state index in [-0.39, 0.29) is 24.6 Å². The number of allylic oxidation sites excluding steroid dienone is 2. The molecule has 1 unspecified atom stereocenters. The number of methoxy groups -OCH3 is 1. The first kappa shape index (κ1) is 29.2. The normalized spacial score (nSPS) is 13.6. The van der Waals surface area contributed by atoms with Gasteiger partial charge in [0, 0.05) is 23.6 Å². The van der Waals surface area contributed by atoms with Crippen LogP contribution in [-0.4, -0.2) is 37.7 Å². The van der Waals surface area contributed by atoms with Gasteiger partial charge in [-0.3, -0.25) is 4.79 Å². The van der Waals surface area contributed by atoms with Crippen LogP contribution < -0.4 is 15.4 Å². The number of nitrogens with one attached hydrogen (secondary N) is 2. The highest BCUT2D eigenvalue weighted by Gasteiger charge is 2.32. The summed E-state index contributed by atoms with van der Waals surface area (Å²) in [5, 5.41) is 5.99. The Morgan fingerprint density at radius 1 is 1.17 bits per heavy atom. The molecule has 1 atom stereocenters. The van der Waals surface area contributed by atoms with Crippen LogP contribution in [0.1, 0.15) is 99.7 Å². The van der Waals surface area contributed by atoms with E-state index in [4.69, 9.17) is 14.2 Å². The number of hydrogen-bond donors (Lipinski definition) is 2. The fourth-order valence-corrected chi connectivity index (χ4v) is 4.32. The van der Waals surface area contributed by atoms with Gasteiger partial charge in [-0.05, 0) is 51.5 Å². The maximum Gasteiger partial charge on any atom is 0.341 e. The molecule has 1 aliphatic rings. The number of amides is 2. The highest BCUT2D eigenvalue weighted by Crippen LogP contribution is 2.41. The number of cyclic esters (lactones) is 1. The van der Waals surface area contributed by atoms with Crippen molar-refractivity contribution in [3.05, 3.63) is 33.9 Å². The molecule has 2 rings (SSSR count). The second kappa shape index (κ2) is 14.5. The molecule has 0 aromatic heterocycles. The van der Waals surface area contributed by atoms with Gasteiger partial charge >= 0.3 is 18.0 Å². The second-order valence-corrected chi connectivity index (χ2v) is 9.26. The average molecular weight is 503 g/mol. The molecule has 36 heavy (non-hydrogen) atoms. The highest BCUT2D eigenvalue weighted by atomic mass is 16.5. The zero-order chi connectivity index (χ0) is 26.7. The molecule has 0 aliphatic carbocycles. The van der Waals surface area contributed by atoms with E-state index in [1.807, 2.05) is 33.8 Å². The summed E-state index contributed by atoms with van der Waals surface area (Å²) in [6, 6.07) is -0.304. The molecule has 2 amide bonds. The molecule has 1 aromatic rings. The lowest BCUT2D eigenvalue weighted by Crippen LogP contribution is -2.38. The van der Waals surface area contributed by atoms with Gasteiger partial charge in [-0.2, -0.15) is 0 Å². The van der Waals surface area contributed by atoms with Crippen LogP contribution in [0, 0.1) is 6.92 Å². The average Bonchev–Trinajstić information content (AvgIpc) is 3.26. The van der Waals surface area contributed by atoms with E-state index in [1.54, 1.807) is 7.11 Å². The van der Waals surface area contributed by atoms with E-state index in [1.165, 1.54) is 0 Å². The molecule has 2 N–H and O–H groups in total. The van der Waals surface area contributed by atoms with Crippen LogP contribution in [0.2, 0.25) is 0 Å². The third kappa shape index (κ3) is 7.73. The van der Waals surface area contributed by atoms with Gasteiger partial charge < -0.3 is 24.8 Å². The Balaban J connectivity index is 2.34. The number of benzene rings is 1. The van der Waals surface area contributed by atoms with Crippen molar-refractivity contribution in [2.24, 2.45) is 0 Å². The largest absolute Gasteiger partial charge is 0.496 e. The molecular weight excluding hydrogens is 460 g/mol. The summed E-state index contributed by atoms with van der Waals surface area (Å²) in [6.07, 6.45) is 7.88. The molecule has 0 radical (unpaired) electrons. The molecule has 200 valence electrons. The van der Waals surface area contributed by atoms with Crippen LogP contribution in [-0.2, 0) is 27.3 Å². The van der Waals surface area contributed by atoms with Crippen molar-refractivity contribution in [2.75, 3.05) is 19.0 Å². The number of ether oxygens (including phenoxy) is 3. The number of hydrogen-bond acceptors (Lipinski definition) is 6. The minimum Gasteiger partial charge on any atom is -0.496 e. The Hall–Kier alpha value is -3.03. The molecule has 0 saturated carbocycles. The third-order valence-electron chi connectivity index (χ3n) is 6.49. The predicted octanol–water partition coefficient (Wildman–Crippen LogP) is 5.99. The lowest BCUT2D eigenvalue weighted by Gasteiger charge is -2.22. The Kier molecular flexibility index (Phi) is 11.8. The summed E-state index contributed by atoms with van der Waals surface area (Å²) >= 11 is 0. The fraction of sp³-hybridized carbons (Fsp3) is 0.607. The molecule has 0 saturated heterocycles. The summed E-state index contributed by atoms with van der Waals surface area (Å²) < 4.78 is 16.2. The predicted molar refractivity (Wildman–Crippen MR) is 141 cm³/mol. The third-order valence-corrected chi connectivity index (χ3v) is 6.49. The van der Waals surface area contributed by atoms with Gasteiger partial charge in [0.25, 0.3) is 0 Å². The summed E-state index contributed by atoms with van der Waals surface area (Å²) in [5.74, 6) is -0.0534. The smallest absolute Gasteiger partial charge is 0.341 e. The Labute approximate surface area is 215 Å². The minimum atomic E-state index is -0.454. The molecule has 0 bridgehead atoms. The first-order valence-corrected chi connectivity index (χ1v) is 13.0. The number of urea groups is 1. The van der Waals surface area contributed by atoms with Crippen molar-refractivity contribution in [3.8, 4) is 5.75 Å². The van der Waals surface area contributed by atoms with E-state index in [0.717, 1.165) is 48.8 Å². The first-order chi connectivity index (χ1) is 17.3. The lowest BCUT2D eigenvalue weighted by atomic mass is 9.93. The fourth-order valence-electron chi connectivity index (χ4n) is 4.32. The molecular formula is C28H42N2O6. The number of anilines is 1. The maximum absolute atomic E-state index is 13.0. The molecule has 0 spiro atoms. The van der Waals surface area contributed by atoms with Gasteiger partial charge in [0.1, 0.15) is 12.4 Å². The van der Waals surface area contributed by atoms with Gasteiger partial charge in [0.15, 0.2) is 0 Å². The monoisotopic (exact) mass is 502 g/mol. The van der Waals surface area contributed by atoms with Gasteiger partial charge in [-0.15, -0.1) is 0 Å². The van der Waals surface area contributed by atoms with E-state index in [2.05, 4.69) is 17.6 Å². The van der Waals surface area contributed by atoms with Gasteiger partial charge in [-0.1, -0.05) is 45.3 Å². The quantitative estimate of drug-likeness (QED) is 0.239. The lowest BCUT2D eigenvalue weighted by molar-refractivity contribution is -0.143. The van der Waals surface area contributed by atoms with Crippen LogP contribution in [0.3, 0.4) is 0 Å². The van der Waals surface area contributed by atoms with Crippen molar-refractivity contribution >= 4 is 23.7 Å². The maximum atomic E-state index is 13.0. The van der Waals surface area contributed by atoms with E-state index < -0.39 is 5.97 Å². The molecule has 8 nitrogen and oxygen atoms in total. The topological polar surface area (TPSA) is 103 Å². The van der Waals surface area contributed by atoms with Crippen molar-refractivity contribution in [1.29, 1.82) is 0 Å².